The first-order chi connectivity index (χ1) is 14.3. The van der Waals surface area contributed by atoms with Gasteiger partial charge in [-0.2, -0.15) is 0 Å². The van der Waals surface area contributed by atoms with Crippen LogP contribution in [0.5, 0.6) is 5.75 Å². The van der Waals surface area contributed by atoms with Crippen molar-refractivity contribution in [3.8, 4) is 5.75 Å². The van der Waals surface area contributed by atoms with Gasteiger partial charge in [0.1, 0.15) is 11.6 Å². The van der Waals surface area contributed by atoms with Crippen LogP contribution in [0.3, 0.4) is 0 Å². The third-order valence-corrected chi connectivity index (χ3v) is 5.91. The van der Waals surface area contributed by atoms with Gasteiger partial charge >= 0.3 is 0 Å². The van der Waals surface area contributed by atoms with E-state index in [1.165, 1.54) is 61.7 Å². The van der Waals surface area contributed by atoms with Crippen molar-refractivity contribution in [2.24, 2.45) is 0 Å². The predicted molar refractivity (Wildman–Crippen MR) is 113 cm³/mol. The highest BCUT2D eigenvalue weighted by Crippen LogP contribution is 2.24. The molecule has 9 heteroatoms. The topological polar surface area (TPSA) is 84.5 Å². The number of carbonyl (C=O) groups is 1. The van der Waals surface area contributed by atoms with Crippen LogP contribution in [0.25, 0.3) is 0 Å². The van der Waals surface area contributed by atoms with Gasteiger partial charge < -0.3 is 10.1 Å². The van der Waals surface area contributed by atoms with Gasteiger partial charge in [0.05, 0.1) is 28.3 Å². The maximum Gasteiger partial charge on any atom is 0.261 e. The summed E-state index contributed by atoms with van der Waals surface area (Å²) in [6.45, 7) is 0.196. The number of hydrogen-bond acceptors (Lipinski definition) is 4. The van der Waals surface area contributed by atoms with Crippen molar-refractivity contribution in [1.82, 2.24) is 5.32 Å². The van der Waals surface area contributed by atoms with Gasteiger partial charge in [-0.3, -0.25) is 9.52 Å². The van der Waals surface area contributed by atoms with E-state index in [1.807, 2.05) is 0 Å². The molecule has 0 aliphatic rings. The molecule has 0 radical (unpaired) electrons. The molecule has 3 aromatic rings. The molecule has 0 spiro atoms. The smallest absolute Gasteiger partial charge is 0.261 e. The number of rotatable bonds is 7. The summed E-state index contributed by atoms with van der Waals surface area (Å²) in [4.78, 5) is 12.4. The van der Waals surface area contributed by atoms with Crippen LogP contribution in [0.15, 0.2) is 71.6 Å². The van der Waals surface area contributed by atoms with Crippen LogP contribution in [0, 0.1) is 5.82 Å². The second-order valence-corrected chi connectivity index (χ2v) is 8.37. The van der Waals surface area contributed by atoms with Gasteiger partial charge in [0.25, 0.3) is 15.9 Å². The fourth-order valence-corrected chi connectivity index (χ4v) is 3.93. The number of nitrogens with one attached hydrogen (secondary N) is 2. The van der Waals surface area contributed by atoms with Crippen molar-refractivity contribution in [2.45, 2.75) is 11.4 Å². The summed E-state index contributed by atoms with van der Waals surface area (Å²) >= 11 is 6.18. The number of sulfonamides is 1. The van der Waals surface area contributed by atoms with Gasteiger partial charge in [-0.25, -0.2) is 12.8 Å². The molecule has 3 aromatic carbocycles. The number of anilines is 1. The number of benzene rings is 3. The molecule has 0 saturated heterocycles. The van der Waals surface area contributed by atoms with E-state index in [4.69, 9.17) is 16.3 Å². The first-order valence-electron chi connectivity index (χ1n) is 8.77. The molecule has 1 amide bonds. The highest BCUT2D eigenvalue weighted by molar-refractivity contribution is 7.92. The van der Waals surface area contributed by atoms with Gasteiger partial charge in [0.15, 0.2) is 0 Å². The van der Waals surface area contributed by atoms with Crippen LogP contribution in [0.4, 0.5) is 10.1 Å². The molecule has 0 bridgehead atoms. The molecule has 0 unspecified atom stereocenters. The van der Waals surface area contributed by atoms with Crippen LogP contribution < -0.4 is 14.8 Å². The normalized spacial score (nSPS) is 11.0. The van der Waals surface area contributed by atoms with Crippen molar-refractivity contribution in [3.63, 3.8) is 0 Å². The van der Waals surface area contributed by atoms with Crippen molar-refractivity contribution in [1.29, 1.82) is 0 Å². The molecular weight excluding hydrogens is 431 g/mol. The maximum atomic E-state index is 12.9. The van der Waals surface area contributed by atoms with E-state index < -0.39 is 15.9 Å². The Bertz CT molecular complexity index is 1150. The van der Waals surface area contributed by atoms with E-state index >= 15 is 0 Å². The minimum absolute atomic E-state index is 0.0561. The van der Waals surface area contributed by atoms with E-state index in [-0.39, 0.29) is 33.5 Å². The van der Waals surface area contributed by atoms with Crippen molar-refractivity contribution in [2.75, 3.05) is 11.8 Å². The lowest BCUT2D eigenvalue weighted by Gasteiger charge is -2.11. The zero-order valence-electron chi connectivity index (χ0n) is 15.9. The van der Waals surface area contributed by atoms with Crippen LogP contribution in [0.2, 0.25) is 5.02 Å². The van der Waals surface area contributed by atoms with E-state index in [0.717, 1.165) is 5.56 Å². The van der Waals surface area contributed by atoms with Crippen molar-refractivity contribution < 1.29 is 22.3 Å². The average molecular weight is 449 g/mol. The van der Waals surface area contributed by atoms with Crippen molar-refractivity contribution in [3.05, 3.63) is 88.7 Å². The lowest BCUT2D eigenvalue weighted by Crippen LogP contribution is -2.23. The summed E-state index contributed by atoms with van der Waals surface area (Å²) in [6.07, 6.45) is 0. The predicted octanol–water partition coefficient (Wildman–Crippen LogP) is 4.22. The van der Waals surface area contributed by atoms with Crippen LogP contribution in [-0.2, 0) is 16.6 Å². The first-order valence-corrected chi connectivity index (χ1v) is 10.6. The molecule has 0 saturated carbocycles. The zero-order valence-corrected chi connectivity index (χ0v) is 17.4. The van der Waals surface area contributed by atoms with E-state index in [9.17, 15) is 17.6 Å². The number of methoxy groups -OCH3 is 1. The summed E-state index contributed by atoms with van der Waals surface area (Å²) in [5.41, 5.74) is 1.13. The lowest BCUT2D eigenvalue weighted by molar-refractivity contribution is 0.0951. The largest absolute Gasteiger partial charge is 0.497 e. The second-order valence-electron chi connectivity index (χ2n) is 6.28. The Kier molecular flexibility index (Phi) is 6.59. The highest BCUT2D eigenvalue weighted by Gasteiger charge is 2.16. The molecule has 0 atom stereocenters. The minimum Gasteiger partial charge on any atom is -0.497 e. The van der Waals surface area contributed by atoms with Crippen LogP contribution in [0.1, 0.15) is 15.9 Å². The van der Waals surface area contributed by atoms with E-state index in [1.54, 1.807) is 12.1 Å². The standard InChI is InChI=1S/C21H18ClFN2O4S/c1-29-17-7-9-18(10-8-17)30(27,28)25-16-6-11-19(20(22)12-16)21(26)24-13-14-2-4-15(23)5-3-14/h2-12,25H,13H2,1H3,(H,24,26). The van der Waals surface area contributed by atoms with Gasteiger partial charge in [-0.05, 0) is 60.2 Å². The lowest BCUT2D eigenvalue weighted by atomic mass is 10.1. The molecule has 6 nitrogen and oxygen atoms in total. The Morgan fingerprint density at radius 1 is 1.03 bits per heavy atom. The maximum absolute atomic E-state index is 12.9. The van der Waals surface area contributed by atoms with Gasteiger partial charge in [-0.15, -0.1) is 0 Å². The Labute approximate surface area is 178 Å². The Hall–Kier alpha value is -3.10. The number of halogens is 2. The molecule has 0 aliphatic carbocycles. The third kappa shape index (κ3) is 5.28. The summed E-state index contributed by atoms with van der Waals surface area (Å²) < 4.78 is 45.4. The quantitative estimate of drug-likeness (QED) is 0.566. The second kappa shape index (κ2) is 9.15. The van der Waals surface area contributed by atoms with Crippen LogP contribution >= 0.6 is 11.6 Å². The number of carbonyl (C=O) groups excluding carboxylic acids is 1. The summed E-state index contributed by atoms with van der Waals surface area (Å²) in [7, 11) is -2.35. The molecule has 3 rings (SSSR count). The van der Waals surface area contributed by atoms with Gasteiger partial charge in [-0.1, -0.05) is 23.7 Å². The molecule has 0 fully saturated rings. The number of ether oxygens (including phenoxy) is 1. The number of hydrogen-bond donors (Lipinski definition) is 2. The summed E-state index contributed by atoms with van der Waals surface area (Å²) in [5.74, 6) is -0.261. The zero-order chi connectivity index (χ0) is 21.7. The van der Waals surface area contributed by atoms with E-state index in [2.05, 4.69) is 10.0 Å². The fourth-order valence-electron chi connectivity index (χ4n) is 2.61. The summed E-state index contributed by atoms with van der Waals surface area (Å²) in [5, 5.41) is 2.77. The molecule has 0 heterocycles. The Morgan fingerprint density at radius 3 is 2.30 bits per heavy atom. The van der Waals surface area contributed by atoms with Gasteiger partial charge in [0, 0.05) is 6.54 Å². The molecule has 0 aromatic heterocycles. The minimum atomic E-state index is -3.83. The average Bonchev–Trinajstić information content (AvgIpc) is 2.73. The monoisotopic (exact) mass is 448 g/mol. The first kappa shape index (κ1) is 21.6. The Balaban J connectivity index is 1.69. The van der Waals surface area contributed by atoms with Gasteiger partial charge in [0.2, 0.25) is 0 Å². The SMILES string of the molecule is COc1ccc(S(=O)(=O)Nc2ccc(C(=O)NCc3ccc(F)cc3)c(Cl)c2)cc1. The molecule has 0 aliphatic heterocycles. The highest BCUT2D eigenvalue weighted by atomic mass is 35.5. The fraction of sp³-hybridized carbons (Fsp3) is 0.0952. The van der Waals surface area contributed by atoms with E-state index in [0.29, 0.717) is 5.75 Å². The molecule has 30 heavy (non-hydrogen) atoms. The Morgan fingerprint density at radius 2 is 1.70 bits per heavy atom. The molecular formula is C21H18ClFN2O4S. The third-order valence-electron chi connectivity index (χ3n) is 4.20. The van der Waals surface area contributed by atoms with Crippen molar-refractivity contribution >= 4 is 33.2 Å². The number of amides is 1. The molecule has 2 N–H and O–H groups in total. The summed E-state index contributed by atoms with van der Waals surface area (Å²) in [6, 6.07) is 15.9. The van der Waals surface area contributed by atoms with Crippen LogP contribution in [-0.4, -0.2) is 21.4 Å². The molecule has 156 valence electrons.